The molecule has 178 valence electrons. The molecule has 0 unspecified atom stereocenters. The molecule has 9 nitrogen and oxygen atoms in total. The molecule has 1 aromatic carbocycles. The molecule has 1 saturated carbocycles. The number of aromatic nitrogens is 2. The zero-order chi connectivity index (χ0) is 24.2. The largest absolute Gasteiger partial charge is 0.474 e. The molecule has 1 aliphatic carbocycles. The Hall–Kier alpha value is -3.66. The van der Waals surface area contributed by atoms with Crippen molar-refractivity contribution in [3.05, 3.63) is 35.9 Å². The van der Waals surface area contributed by atoms with Gasteiger partial charge in [0.05, 0.1) is 11.3 Å². The average molecular weight is 468 g/mol. The van der Waals surface area contributed by atoms with Gasteiger partial charge in [0.2, 0.25) is 5.88 Å². The van der Waals surface area contributed by atoms with Crippen LogP contribution in [0.3, 0.4) is 0 Å². The molecule has 2 aliphatic rings. The molecule has 1 fully saturated rings. The second-order valence-corrected chi connectivity index (χ2v) is 9.21. The Morgan fingerprint density at radius 1 is 1.32 bits per heavy atom. The highest BCUT2D eigenvalue weighted by Gasteiger charge is 2.39. The van der Waals surface area contributed by atoms with E-state index in [0.29, 0.717) is 60.3 Å². The van der Waals surface area contributed by atoms with E-state index in [4.69, 9.17) is 10.5 Å². The first-order valence-electron chi connectivity index (χ1n) is 11.2. The van der Waals surface area contributed by atoms with Gasteiger partial charge in [-0.05, 0) is 56.2 Å². The Morgan fingerprint density at radius 3 is 2.82 bits per heavy atom. The summed E-state index contributed by atoms with van der Waals surface area (Å²) in [5.74, 6) is 0.0817. The third-order valence-electron chi connectivity index (χ3n) is 6.73. The number of hydrogen-bond acceptors (Lipinski definition) is 7. The Balaban J connectivity index is 1.62. The molecule has 0 bridgehead atoms. The molecule has 34 heavy (non-hydrogen) atoms. The maximum absolute atomic E-state index is 15.4. The summed E-state index contributed by atoms with van der Waals surface area (Å²) < 4.78 is 21.0. The van der Waals surface area contributed by atoms with Gasteiger partial charge in [0.15, 0.2) is 5.82 Å². The van der Waals surface area contributed by atoms with Crippen molar-refractivity contribution < 1.29 is 24.1 Å². The second-order valence-electron chi connectivity index (χ2n) is 9.21. The third-order valence-corrected chi connectivity index (χ3v) is 6.73. The van der Waals surface area contributed by atoms with Crippen molar-refractivity contribution in [2.45, 2.75) is 44.8 Å². The number of nitrogens with zero attached hydrogens (tertiary/aromatic N) is 3. The number of aliphatic hydroxyl groups is 1. The number of benzene rings is 1. The highest BCUT2D eigenvalue weighted by molar-refractivity contribution is 5.99. The number of hydrogen-bond donors (Lipinski definition) is 4. The van der Waals surface area contributed by atoms with E-state index < -0.39 is 23.6 Å². The van der Waals surface area contributed by atoms with Crippen molar-refractivity contribution in [2.75, 3.05) is 29.1 Å². The predicted octanol–water partition coefficient (Wildman–Crippen LogP) is 3.92. The van der Waals surface area contributed by atoms with E-state index in [-0.39, 0.29) is 17.1 Å². The number of nitrogen functional groups attached to an aromatic ring is 1. The summed E-state index contributed by atoms with van der Waals surface area (Å²) in [6.07, 6.45) is 3.11. The fraction of sp³-hybridized carbons (Fsp3) is 0.375. The number of carbonyl (C=O) groups is 1. The lowest BCUT2D eigenvalue weighted by molar-refractivity contribution is 0.0664. The van der Waals surface area contributed by atoms with Crippen molar-refractivity contribution in [2.24, 2.45) is 0 Å². The topological polar surface area (TPSA) is 134 Å². The van der Waals surface area contributed by atoms with Crippen LogP contribution >= 0.6 is 0 Å². The quantitative estimate of drug-likeness (QED) is 0.426. The van der Waals surface area contributed by atoms with Crippen LogP contribution < -0.4 is 20.7 Å². The molecular formula is C24H26FN5O4. The van der Waals surface area contributed by atoms with E-state index in [2.05, 4.69) is 15.3 Å². The number of ether oxygens (including phenoxy) is 1. The third kappa shape index (κ3) is 3.63. The van der Waals surface area contributed by atoms with Crippen LogP contribution in [0.4, 0.5) is 26.4 Å². The summed E-state index contributed by atoms with van der Waals surface area (Å²) in [5, 5.41) is 24.4. The molecule has 3 aromatic rings. The number of halogens is 1. The van der Waals surface area contributed by atoms with E-state index in [1.165, 1.54) is 11.1 Å². The maximum atomic E-state index is 15.4. The van der Waals surface area contributed by atoms with E-state index >= 15 is 4.39 Å². The molecule has 2 atom stereocenters. The van der Waals surface area contributed by atoms with E-state index in [0.717, 1.165) is 5.56 Å². The van der Waals surface area contributed by atoms with Crippen molar-refractivity contribution in [1.29, 1.82) is 0 Å². The van der Waals surface area contributed by atoms with E-state index in [9.17, 15) is 15.0 Å². The average Bonchev–Trinajstić information content (AvgIpc) is 3.15. The molecular weight excluding hydrogens is 441 g/mol. The summed E-state index contributed by atoms with van der Waals surface area (Å²) in [5.41, 5.74) is 7.45. The summed E-state index contributed by atoms with van der Waals surface area (Å²) >= 11 is 0. The fourth-order valence-corrected chi connectivity index (χ4v) is 4.96. The lowest BCUT2D eigenvalue weighted by Crippen LogP contribution is -2.39. The normalized spacial score (nSPS) is 21.6. The minimum atomic E-state index is -1.16. The number of carboxylic acid groups (broad SMARTS) is 1. The van der Waals surface area contributed by atoms with Gasteiger partial charge in [0.25, 0.3) is 0 Å². The number of rotatable bonds is 3. The smallest absolute Gasteiger partial charge is 0.413 e. The molecule has 5 rings (SSSR count). The van der Waals surface area contributed by atoms with Crippen LogP contribution in [0.2, 0.25) is 0 Å². The van der Waals surface area contributed by atoms with Crippen LogP contribution in [-0.2, 0) is 0 Å². The first-order chi connectivity index (χ1) is 16.2. The summed E-state index contributed by atoms with van der Waals surface area (Å²) in [6, 6.07) is 2.82. The highest BCUT2D eigenvalue weighted by Crippen LogP contribution is 2.40. The Bertz CT molecular complexity index is 1310. The van der Waals surface area contributed by atoms with Gasteiger partial charge in [-0.15, -0.1) is 0 Å². The molecule has 1 amide bonds. The number of fused-ring (bicyclic) bond motifs is 2. The second kappa shape index (κ2) is 7.98. The number of nitrogens with two attached hydrogens (primary N) is 1. The molecule has 1 aliphatic heterocycles. The molecule has 0 radical (unpaired) electrons. The zero-order valence-corrected chi connectivity index (χ0v) is 18.9. The Labute approximate surface area is 195 Å². The molecule has 10 heteroatoms. The number of anilines is 3. The highest BCUT2D eigenvalue weighted by atomic mass is 19.1. The zero-order valence-electron chi connectivity index (χ0n) is 18.9. The minimum Gasteiger partial charge on any atom is -0.474 e. The van der Waals surface area contributed by atoms with Gasteiger partial charge in [0, 0.05) is 41.5 Å². The van der Waals surface area contributed by atoms with Gasteiger partial charge in [0.1, 0.15) is 18.1 Å². The van der Waals surface area contributed by atoms with Crippen LogP contribution in [0, 0.1) is 12.7 Å². The summed E-state index contributed by atoms with van der Waals surface area (Å²) in [6.45, 7) is 4.68. The van der Waals surface area contributed by atoms with Gasteiger partial charge in [-0.2, -0.15) is 0 Å². The molecule has 3 heterocycles. The first kappa shape index (κ1) is 22.1. The maximum Gasteiger partial charge on any atom is 0.413 e. The molecule has 5 N–H and O–H groups in total. The minimum absolute atomic E-state index is 0.0708. The van der Waals surface area contributed by atoms with Crippen molar-refractivity contribution in [3.8, 4) is 17.0 Å². The van der Waals surface area contributed by atoms with Crippen LogP contribution in [0.5, 0.6) is 5.88 Å². The standard InChI is InChI=1S/C24H26FN5O4/c1-12-16(10-29-22-21(12)27-5-6-34-22)15-7-13-8-18(28-11-17(13)20(26)19(15)25)30(23(31)32)14-3-4-24(2,33)9-14/h7-8,10-11,14,27,33H,3-6,9,26H2,1-2H3,(H,31,32)/t14-,24-/m0/s1. The van der Waals surface area contributed by atoms with Gasteiger partial charge in [-0.3, -0.25) is 4.90 Å². The first-order valence-corrected chi connectivity index (χ1v) is 11.2. The molecule has 0 saturated heterocycles. The monoisotopic (exact) mass is 467 g/mol. The lowest BCUT2D eigenvalue weighted by atomic mass is 9.97. The van der Waals surface area contributed by atoms with E-state index in [1.807, 2.05) is 6.92 Å². The number of nitrogens with one attached hydrogen (secondary N) is 1. The number of pyridine rings is 2. The lowest BCUT2D eigenvalue weighted by Gasteiger charge is -2.26. The fourth-order valence-electron chi connectivity index (χ4n) is 4.96. The van der Waals surface area contributed by atoms with Crippen LogP contribution in [0.1, 0.15) is 31.7 Å². The number of amides is 1. The van der Waals surface area contributed by atoms with Gasteiger partial charge >= 0.3 is 6.09 Å². The summed E-state index contributed by atoms with van der Waals surface area (Å²) in [7, 11) is 0. The van der Waals surface area contributed by atoms with Crippen LogP contribution in [0.25, 0.3) is 21.9 Å². The van der Waals surface area contributed by atoms with Gasteiger partial charge < -0.3 is 26.0 Å². The Kier molecular flexibility index (Phi) is 5.20. The summed E-state index contributed by atoms with van der Waals surface area (Å²) in [4.78, 5) is 21.9. The van der Waals surface area contributed by atoms with Gasteiger partial charge in [-0.25, -0.2) is 19.2 Å². The predicted molar refractivity (Wildman–Crippen MR) is 127 cm³/mol. The van der Waals surface area contributed by atoms with Crippen molar-refractivity contribution >= 4 is 34.1 Å². The molecule has 2 aromatic heterocycles. The Morgan fingerprint density at radius 2 is 2.12 bits per heavy atom. The van der Waals surface area contributed by atoms with Crippen LogP contribution in [-0.4, -0.2) is 51.1 Å². The molecule has 0 spiro atoms. The van der Waals surface area contributed by atoms with Crippen molar-refractivity contribution in [1.82, 2.24) is 9.97 Å². The van der Waals surface area contributed by atoms with E-state index in [1.54, 1.807) is 25.3 Å². The van der Waals surface area contributed by atoms with Crippen molar-refractivity contribution in [3.63, 3.8) is 0 Å². The SMILES string of the molecule is Cc1c(-c2cc3cc(N(C(=O)O)[C@H]4CC[C@](C)(O)C4)ncc3c(N)c2F)cnc2c1NCCO2. The van der Waals surface area contributed by atoms with Gasteiger partial charge in [-0.1, -0.05) is 0 Å². The van der Waals surface area contributed by atoms with Crippen LogP contribution in [0.15, 0.2) is 24.5 Å².